The Bertz CT molecular complexity index is 788. The predicted octanol–water partition coefficient (Wildman–Crippen LogP) is 2.47. The second-order valence-corrected chi connectivity index (χ2v) is 6.13. The van der Waals surface area contributed by atoms with Gasteiger partial charge in [0.1, 0.15) is 0 Å². The standard InChI is InChI=1S/C19H23NO6.ClH/c1-24-15-7-11(8-16(25-2)19(15)26-3)18(23)17-12-9-14(22)13(21)6-10(12)4-5-20-17;/h6-9,17-18,20-23H,4-5H2,1-3H3;1H/t17-,18-;/m1./s1. The molecular weight excluding hydrogens is 374 g/mol. The Morgan fingerprint density at radius 1 is 0.963 bits per heavy atom. The van der Waals surface area contributed by atoms with Gasteiger partial charge in [0.05, 0.1) is 33.5 Å². The van der Waals surface area contributed by atoms with Crippen LogP contribution in [0.15, 0.2) is 24.3 Å². The predicted molar refractivity (Wildman–Crippen MR) is 103 cm³/mol. The number of hydrogen-bond acceptors (Lipinski definition) is 7. The molecule has 0 fully saturated rings. The van der Waals surface area contributed by atoms with Crippen molar-refractivity contribution in [2.75, 3.05) is 27.9 Å². The number of hydrogen-bond donors (Lipinski definition) is 4. The number of methoxy groups -OCH3 is 3. The van der Waals surface area contributed by atoms with E-state index < -0.39 is 12.1 Å². The molecular formula is C19H24ClNO6. The molecule has 2 aromatic rings. The van der Waals surface area contributed by atoms with Gasteiger partial charge in [-0.1, -0.05) is 0 Å². The Hall–Kier alpha value is -2.35. The largest absolute Gasteiger partial charge is 0.504 e. The molecule has 0 amide bonds. The zero-order valence-electron chi connectivity index (χ0n) is 15.4. The van der Waals surface area contributed by atoms with E-state index in [4.69, 9.17) is 14.2 Å². The Kier molecular flexibility index (Phi) is 6.64. The summed E-state index contributed by atoms with van der Waals surface area (Å²) in [5, 5.41) is 33.9. The van der Waals surface area contributed by atoms with E-state index in [-0.39, 0.29) is 23.9 Å². The molecule has 7 nitrogen and oxygen atoms in total. The summed E-state index contributed by atoms with van der Waals surface area (Å²) in [6.07, 6.45) is -0.228. The number of ether oxygens (including phenoxy) is 3. The number of aromatic hydroxyl groups is 2. The summed E-state index contributed by atoms with van der Waals surface area (Å²) in [6.45, 7) is 0.642. The van der Waals surface area contributed by atoms with Crippen LogP contribution in [0.1, 0.15) is 28.8 Å². The third-order valence-corrected chi connectivity index (χ3v) is 4.67. The van der Waals surface area contributed by atoms with Crippen molar-refractivity contribution < 1.29 is 29.5 Å². The average Bonchev–Trinajstić information content (AvgIpc) is 2.66. The summed E-state index contributed by atoms with van der Waals surface area (Å²) in [6, 6.07) is 5.97. The van der Waals surface area contributed by atoms with Crippen LogP contribution in [0.5, 0.6) is 28.7 Å². The number of fused-ring (bicyclic) bond motifs is 1. The van der Waals surface area contributed by atoms with Gasteiger partial charge >= 0.3 is 0 Å². The van der Waals surface area contributed by atoms with E-state index in [1.165, 1.54) is 27.4 Å². The third kappa shape index (κ3) is 3.85. The van der Waals surface area contributed by atoms with Crippen LogP contribution in [0.4, 0.5) is 0 Å². The van der Waals surface area contributed by atoms with Gasteiger partial charge in [-0.15, -0.1) is 12.4 Å². The van der Waals surface area contributed by atoms with Gasteiger partial charge in [-0.05, 0) is 53.9 Å². The Morgan fingerprint density at radius 3 is 2.11 bits per heavy atom. The van der Waals surface area contributed by atoms with Gasteiger partial charge in [0.2, 0.25) is 5.75 Å². The molecule has 0 aliphatic carbocycles. The van der Waals surface area contributed by atoms with E-state index >= 15 is 0 Å². The lowest BCUT2D eigenvalue weighted by Crippen LogP contribution is -2.34. The summed E-state index contributed by atoms with van der Waals surface area (Å²) in [5.74, 6) is 0.975. The summed E-state index contributed by atoms with van der Waals surface area (Å²) in [7, 11) is 4.55. The highest BCUT2D eigenvalue weighted by Gasteiger charge is 2.30. The summed E-state index contributed by atoms with van der Waals surface area (Å²) in [5.41, 5.74) is 2.21. The van der Waals surface area contributed by atoms with Crippen molar-refractivity contribution >= 4 is 12.4 Å². The highest BCUT2D eigenvalue weighted by atomic mass is 35.5. The summed E-state index contributed by atoms with van der Waals surface area (Å²) >= 11 is 0. The summed E-state index contributed by atoms with van der Waals surface area (Å²) in [4.78, 5) is 0. The first kappa shape index (κ1) is 21.0. The van der Waals surface area contributed by atoms with Gasteiger partial charge in [0, 0.05) is 0 Å². The topological polar surface area (TPSA) is 100 Å². The zero-order valence-corrected chi connectivity index (χ0v) is 16.2. The maximum Gasteiger partial charge on any atom is 0.203 e. The van der Waals surface area contributed by atoms with Crippen molar-refractivity contribution in [1.82, 2.24) is 5.32 Å². The molecule has 0 bridgehead atoms. The van der Waals surface area contributed by atoms with Crippen molar-refractivity contribution in [3.8, 4) is 28.7 Å². The number of phenols is 2. The number of aliphatic hydroxyl groups is 1. The third-order valence-electron chi connectivity index (χ3n) is 4.67. The monoisotopic (exact) mass is 397 g/mol. The van der Waals surface area contributed by atoms with Crippen LogP contribution >= 0.6 is 12.4 Å². The number of rotatable bonds is 5. The molecule has 1 aliphatic rings. The van der Waals surface area contributed by atoms with E-state index in [0.29, 0.717) is 35.8 Å². The number of phenolic OH excluding ortho intramolecular Hbond substituents is 2. The molecule has 27 heavy (non-hydrogen) atoms. The molecule has 0 spiro atoms. The minimum atomic E-state index is -0.924. The van der Waals surface area contributed by atoms with Crippen molar-refractivity contribution in [3.05, 3.63) is 41.0 Å². The first-order chi connectivity index (χ1) is 12.5. The van der Waals surface area contributed by atoms with Gasteiger partial charge in [-0.2, -0.15) is 0 Å². The minimum absolute atomic E-state index is 0. The molecule has 148 valence electrons. The van der Waals surface area contributed by atoms with Crippen molar-refractivity contribution in [3.63, 3.8) is 0 Å². The van der Waals surface area contributed by atoms with Crippen molar-refractivity contribution in [1.29, 1.82) is 0 Å². The molecule has 1 heterocycles. The number of nitrogens with one attached hydrogen (secondary N) is 1. The average molecular weight is 398 g/mol. The van der Waals surface area contributed by atoms with E-state index in [9.17, 15) is 15.3 Å². The van der Waals surface area contributed by atoms with Gasteiger partial charge in [0.15, 0.2) is 23.0 Å². The molecule has 4 N–H and O–H groups in total. The highest BCUT2D eigenvalue weighted by Crippen LogP contribution is 2.43. The molecule has 1 aliphatic heterocycles. The van der Waals surface area contributed by atoms with Crippen molar-refractivity contribution in [2.24, 2.45) is 0 Å². The molecule has 0 saturated heterocycles. The second-order valence-electron chi connectivity index (χ2n) is 6.13. The fourth-order valence-corrected chi connectivity index (χ4v) is 3.36. The van der Waals surface area contributed by atoms with Crippen LogP contribution in [0, 0.1) is 0 Å². The van der Waals surface area contributed by atoms with Crippen LogP contribution in [-0.4, -0.2) is 43.2 Å². The molecule has 0 radical (unpaired) electrons. The smallest absolute Gasteiger partial charge is 0.203 e. The fraction of sp³-hybridized carbons (Fsp3) is 0.368. The minimum Gasteiger partial charge on any atom is -0.504 e. The maximum absolute atomic E-state index is 11.0. The lowest BCUT2D eigenvalue weighted by Gasteiger charge is -2.31. The lowest BCUT2D eigenvalue weighted by molar-refractivity contribution is 0.124. The van der Waals surface area contributed by atoms with Gasteiger partial charge in [0.25, 0.3) is 0 Å². The summed E-state index contributed by atoms with van der Waals surface area (Å²) < 4.78 is 16.0. The molecule has 2 atom stereocenters. The normalized spacial score (nSPS) is 16.7. The molecule has 8 heteroatoms. The van der Waals surface area contributed by atoms with Crippen LogP contribution in [0.2, 0.25) is 0 Å². The lowest BCUT2D eigenvalue weighted by atomic mass is 9.88. The quantitative estimate of drug-likeness (QED) is 0.575. The SMILES string of the molecule is COc1cc([C@@H](O)[C@@H]2NCCc3cc(O)c(O)cc32)cc(OC)c1OC.Cl. The molecule has 0 aromatic heterocycles. The fourth-order valence-electron chi connectivity index (χ4n) is 3.36. The van der Waals surface area contributed by atoms with Crippen molar-refractivity contribution in [2.45, 2.75) is 18.6 Å². The van der Waals surface area contributed by atoms with Crippen LogP contribution in [0.25, 0.3) is 0 Å². The first-order valence-electron chi connectivity index (χ1n) is 8.26. The van der Waals surface area contributed by atoms with Crippen LogP contribution in [0.3, 0.4) is 0 Å². The Balaban J connectivity index is 0.00000261. The van der Waals surface area contributed by atoms with E-state index in [1.54, 1.807) is 18.2 Å². The second kappa shape index (κ2) is 8.56. The van der Waals surface area contributed by atoms with E-state index in [1.807, 2.05) is 0 Å². The number of halogens is 1. The molecule has 0 saturated carbocycles. The van der Waals surface area contributed by atoms with E-state index in [2.05, 4.69) is 5.32 Å². The number of benzene rings is 2. The van der Waals surface area contributed by atoms with Crippen LogP contribution < -0.4 is 19.5 Å². The Labute approximate surface area is 163 Å². The number of aliphatic hydroxyl groups excluding tert-OH is 1. The highest BCUT2D eigenvalue weighted by molar-refractivity contribution is 5.85. The maximum atomic E-state index is 11.0. The van der Waals surface area contributed by atoms with Gasteiger partial charge in [-0.3, -0.25) is 0 Å². The van der Waals surface area contributed by atoms with Gasteiger partial charge < -0.3 is 34.8 Å². The Morgan fingerprint density at radius 2 is 1.56 bits per heavy atom. The van der Waals surface area contributed by atoms with E-state index in [0.717, 1.165) is 11.1 Å². The molecule has 0 unspecified atom stereocenters. The van der Waals surface area contributed by atoms with Gasteiger partial charge in [-0.25, -0.2) is 0 Å². The molecule has 3 rings (SSSR count). The zero-order chi connectivity index (χ0) is 18.8. The molecule has 2 aromatic carbocycles. The van der Waals surface area contributed by atoms with Crippen LogP contribution in [-0.2, 0) is 6.42 Å². The first-order valence-corrected chi connectivity index (χ1v) is 8.26.